The SMILES string of the molecule is Cl.NCC(NC(=O)CCCOc1ccc(F)cc1F)C1CC1. The highest BCUT2D eigenvalue weighted by Crippen LogP contribution is 2.32. The first kappa shape index (κ1) is 18.6. The summed E-state index contributed by atoms with van der Waals surface area (Å²) in [6.45, 7) is 0.653. The topological polar surface area (TPSA) is 64.3 Å². The maximum Gasteiger partial charge on any atom is 0.220 e. The molecule has 1 atom stereocenters. The minimum Gasteiger partial charge on any atom is -0.491 e. The second-order valence-corrected chi connectivity index (χ2v) is 5.27. The zero-order valence-electron chi connectivity index (χ0n) is 12.2. The lowest BCUT2D eigenvalue weighted by Gasteiger charge is -2.16. The van der Waals surface area contributed by atoms with Crippen LogP contribution >= 0.6 is 12.4 Å². The third kappa shape index (κ3) is 5.77. The summed E-state index contributed by atoms with van der Waals surface area (Å²) in [7, 11) is 0. The third-order valence-corrected chi connectivity index (χ3v) is 3.49. The molecule has 1 saturated carbocycles. The van der Waals surface area contributed by atoms with Gasteiger partial charge in [-0.3, -0.25) is 4.79 Å². The number of nitrogens with one attached hydrogen (secondary N) is 1. The fourth-order valence-electron chi connectivity index (χ4n) is 2.15. The van der Waals surface area contributed by atoms with E-state index in [1.807, 2.05) is 0 Å². The highest BCUT2D eigenvalue weighted by molar-refractivity contribution is 5.85. The molecule has 0 aliphatic heterocycles. The van der Waals surface area contributed by atoms with Crippen LogP contribution in [0.1, 0.15) is 25.7 Å². The summed E-state index contributed by atoms with van der Waals surface area (Å²) in [6, 6.07) is 3.20. The van der Waals surface area contributed by atoms with E-state index in [4.69, 9.17) is 10.5 Å². The smallest absolute Gasteiger partial charge is 0.220 e. The van der Waals surface area contributed by atoms with Crippen molar-refractivity contribution >= 4 is 18.3 Å². The van der Waals surface area contributed by atoms with Gasteiger partial charge in [0.05, 0.1) is 6.61 Å². The van der Waals surface area contributed by atoms with E-state index in [9.17, 15) is 13.6 Å². The maximum atomic E-state index is 13.3. The summed E-state index contributed by atoms with van der Waals surface area (Å²) in [4.78, 5) is 11.7. The highest BCUT2D eigenvalue weighted by Gasteiger charge is 2.30. The number of ether oxygens (including phenoxy) is 1. The summed E-state index contributed by atoms with van der Waals surface area (Å²) in [5, 5.41) is 2.90. The van der Waals surface area contributed by atoms with Crippen LogP contribution in [0.5, 0.6) is 5.75 Å². The molecule has 0 bridgehead atoms. The van der Waals surface area contributed by atoms with Crippen LogP contribution in [0.15, 0.2) is 18.2 Å². The van der Waals surface area contributed by atoms with Crippen molar-refractivity contribution < 1.29 is 18.3 Å². The maximum absolute atomic E-state index is 13.3. The lowest BCUT2D eigenvalue weighted by Crippen LogP contribution is -2.41. The molecule has 0 spiro atoms. The lowest BCUT2D eigenvalue weighted by molar-refractivity contribution is -0.122. The van der Waals surface area contributed by atoms with Crippen molar-refractivity contribution in [1.82, 2.24) is 5.32 Å². The van der Waals surface area contributed by atoms with Gasteiger partial charge in [0.2, 0.25) is 5.91 Å². The summed E-state index contributed by atoms with van der Waals surface area (Å²) < 4.78 is 31.2. The zero-order chi connectivity index (χ0) is 15.2. The quantitative estimate of drug-likeness (QED) is 0.717. The van der Waals surface area contributed by atoms with E-state index in [0.717, 1.165) is 25.0 Å². The molecule has 0 radical (unpaired) electrons. The number of benzene rings is 1. The molecule has 2 rings (SSSR count). The molecule has 124 valence electrons. The summed E-state index contributed by atoms with van der Waals surface area (Å²) in [5.41, 5.74) is 5.61. The largest absolute Gasteiger partial charge is 0.491 e. The second kappa shape index (κ2) is 8.90. The van der Waals surface area contributed by atoms with Crippen molar-refractivity contribution in [2.75, 3.05) is 13.2 Å². The first-order valence-corrected chi connectivity index (χ1v) is 7.17. The average Bonchev–Trinajstić information content (AvgIpc) is 3.27. The summed E-state index contributed by atoms with van der Waals surface area (Å²) in [6.07, 6.45) is 3.00. The van der Waals surface area contributed by atoms with E-state index >= 15 is 0 Å². The van der Waals surface area contributed by atoms with E-state index in [1.165, 1.54) is 6.07 Å². The summed E-state index contributed by atoms with van der Waals surface area (Å²) >= 11 is 0. The van der Waals surface area contributed by atoms with Crippen LogP contribution in [-0.2, 0) is 4.79 Å². The van der Waals surface area contributed by atoms with Crippen molar-refractivity contribution in [3.8, 4) is 5.75 Å². The number of hydrogen-bond donors (Lipinski definition) is 2. The predicted octanol–water partition coefficient (Wildman–Crippen LogP) is 2.40. The van der Waals surface area contributed by atoms with Crippen LogP contribution in [0, 0.1) is 17.6 Å². The molecule has 1 unspecified atom stereocenters. The first-order valence-electron chi connectivity index (χ1n) is 7.17. The minimum atomic E-state index is -0.739. The van der Waals surface area contributed by atoms with Crippen LogP contribution in [0.2, 0.25) is 0 Å². The van der Waals surface area contributed by atoms with E-state index in [2.05, 4.69) is 5.32 Å². The average molecular weight is 335 g/mol. The molecule has 1 amide bonds. The van der Waals surface area contributed by atoms with E-state index < -0.39 is 11.6 Å². The Morgan fingerprint density at radius 2 is 2.14 bits per heavy atom. The Hall–Kier alpha value is -1.40. The molecule has 1 aliphatic carbocycles. The molecule has 1 fully saturated rings. The van der Waals surface area contributed by atoms with Gasteiger partial charge in [-0.05, 0) is 37.3 Å². The van der Waals surface area contributed by atoms with Crippen molar-refractivity contribution in [1.29, 1.82) is 0 Å². The molecular formula is C15H21ClF2N2O2. The normalized spacial score (nSPS) is 14.9. The molecule has 1 aromatic rings. The molecule has 3 N–H and O–H groups in total. The molecule has 0 saturated heterocycles. The van der Waals surface area contributed by atoms with Gasteiger partial charge in [0, 0.05) is 25.1 Å². The molecule has 0 aromatic heterocycles. The Morgan fingerprint density at radius 3 is 2.73 bits per heavy atom. The third-order valence-electron chi connectivity index (χ3n) is 3.49. The molecule has 1 aromatic carbocycles. The number of hydrogen-bond acceptors (Lipinski definition) is 3. The van der Waals surface area contributed by atoms with Gasteiger partial charge in [-0.25, -0.2) is 8.78 Å². The minimum absolute atomic E-state index is 0. The lowest BCUT2D eigenvalue weighted by atomic mass is 10.2. The van der Waals surface area contributed by atoms with Crippen molar-refractivity contribution in [3.05, 3.63) is 29.8 Å². The Labute approximate surface area is 134 Å². The van der Waals surface area contributed by atoms with Crippen LogP contribution < -0.4 is 15.8 Å². The van der Waals surface area contributed by atoms with Crippen LogP contribution in [0.3, 0.4) is 0 Å². The van der Waals surface area contributed by atoms with E-state index in [1.54, 1.807) is 0 Å². The van der Waals surface area contributed by atoms with Gasteiger partial charge >= 0.3 is 0 Å². The van der Waals surface area contributed by atoms with Gasteiger partial charge in [-0.1, -0.05) is 0 Å². The second-order valence-electron chi connectivity index (χ2n) is 5.27. The number of rotatable bonds is 8. The van der Waals surface area contributed by atoms with E-state index in [0.29, 0.717) is 25.3 Å². The van der Waals surface area contributed by atoms with Gasteiger partial charge < -0.3 is 15.8 Å². The van der Waals surface area contributed by atoms with Crippen molar-refractivity contribution in [3.63, 3.8) is 0 Å². The van der Waals surface area contributed by atoms with Crippen LogP contribution in [-0.4, -0.2) is 25.1 Å². The molecule has 22 heavy (non-hydrogen) atoms. The number of carbonyl (C=O) groups is 1. The van der Waals surface area contributed by atoms with Gasteiger partial charge in [0.1, 0.15) is 5.82 Å². The molecule has 1 aliphatic rings. The number of nitrogens with two attached hydrogens (primary N) is 1. The number of halogens is 3. The van der Waals surface area contributed by atoms with Crippen molar-refractivity contribution in [2.24, 2.45) is 11.7 Å². The fourth-order valence-corrected chi connectivity index (χ4v) is 2.15. The molecule has 0 heterocycles. The monoisotopic (exact) mass is 334 g/mol. The Kier molecular flexibility index (Phi) is 7.55. The highest BCUT2D eigenvalue weighted by atomic mass is 35.5. The van der Waals surface area contributed by atoms with Crippen LogP contribution in [0.25, 0.3) is 0 Å². The molecular weight excluding hydrogens is 314 g/mol. The summed E-state index contributed by atoms with van der Waals surface area (Å²) in [5.74, 6) is -0.942. The van der Waals surface area contributed by atoms with Gasteiger partial charge in [-0.15, -0.1) is 12.4 Å². The molecule has 7 heteroatoms. The van der Waals surface area contributed by atoms with Crippen molar-refractivity contribution in [2.45, 2.75) is 31.7 Å². The van der Waals surface area contributed by atoms with Crippen LogP contribution in [0.4, 0.5) is 8.78 Å². The zero-order valence-corrected chi connectivity index (χ0v) is 13.0. The Bertz CT molecular complexity index is 498. The molecule has 4 nitrogen and oxygen atoms in total. The van der Waals surface area contributed by atoms with Gasteiger partial charge in [0.15, 0.2) is 11.6 Å². The number of amides is 1. The van der Waals surface area contributed by atoms with Gasteiger partial charge in [-0.2, -0.15) is 0 Å². The van der Waals surface area contributed by atoms with E-state index in [-0.39, 0.29) is 36.7 Å². The standard InChI is InChI=1S/C15H20F2N2O2.ClH/c16-11-5-6-14(12(17)8-11)21-7-1-2-15(20)19-13(9-18)10-3-4-10;/h5-6,8,10,13H,1-4,7,9,18H2,(H,19,20);1H. The Balaban J connectivity index is 0.00000242. The first-order chi connectivity index (χ1) is 10.1. The fraction of sp³-hybridized carbons (Fsp3) is 0.533. The number of carbonyl (C=O) groups excluding carboxylic acids is 1. The predicted molar refractivity (Wildman–Crippen MR) is 82.0 cm³/mol. The Morgan fingerprint density at radius 1 is 1.41 bits per heavy atom. The van der Waals surface area contributed by atoms with Gasteiger partial charge in [0.25, 0.3) is 0 Å².